The Hall–Kier alpha value is -1.86. The fraction of sp³-hybridized carbons (Fsp3) is 0.360. The molecule has 0 N–H and O–H groups in total. The van der Waals surface area contributed by atoms with Crippen LogP contribution in [0.15, 0.2) is 64.4 Å². The summed E-state index contributed by atoms with van der Waals surface area (Å²) in [5, 5.41) is 4.76. The van der Waals surface area contributed by atoms with Crippen LogP contribution in [-0.2, 0) is 0 Å². The van der Waals surface area contributed by atoms with Crippen molar-refractivity contribution in [2.45, 2.75) is 55.0 Å². The quantitative estimate of drug-likeness (QED) is 0.621. The van der Waals surface area contributed by atoms with Crippen LogP contribution in [0.3, 0.4) is 0 Å². The molecule has 0 aromatic heterocycles. The van der Waals surface area contributed by atoms with Crippen molar-refractivity contribution in [2.24, 2.45) is 5.92 Å². The van der Waals surface area contributed by atoms with Crippen LogP contribution >= 0.6 is 0 Å². The third-order valence-electron chi connectivity index (χ3n) is 7.03. The Balaban J connectivity index is 2.34. The highest BCUT2D eigenvalue weighted by Gasteiger charge is 2.42. The van der Waals surface area contributed by atoms with Gasteiger partial charge in [0.2, 0.25) is 0 Å². The molecule has 1 heteroatoms. The molecule has 0 amide bonds. The fourth-order valence-corrected chi connectivity index (χ4v) is 9.59. The second-order valence-electron chi connectivity index (χ2n) is 8.29. The molecule has 2 aromatic rings. The molecule has 136 valence electrons. The molecule has 0 bridgehead atoms. The fourth-order valence-electron chi connectivity index (χ4n) is 4.75. The van der Waals surface area contributed by atoms with Crippen LogP contribution in [0.25, 0.3) is 0 Å². The molecule has 0 nitrogen and oxygen atoms in total. The van der Waals surface area contributed by atoms with Gasteiger partial charge in [0.15, 0.2) is 0 Å². The zero-order valence-corrected chi connectivity index (χ0v) is 18.6. The van der Waals surface area contributed by atoms with Gasteiger partial charge in [-0.3, -0.25) is 0 Å². The molecule has 0 aliphatic heterocycles. The summed E-state index contributed by atoms with van der Waals surface area (Å²) in [6.45, 7) is 18.7. The van der Waals surface area contributed by atoms with Gasteiger partial charge < -0.3 is 0 Å². The number of allylic oxidation sites excluding steroid dienone is 4. The van der Waals surface area contributed by atoms with Gasteiger partial charge in [-0.15, -0.1) is 0 Å². The van der Waals surface area contributed by atoms with Crippen molar-refractivity contribution in [2.75, 3.05) is 0 Å². The third-order valence-corrected chi connectivity index (χ3v) is 11.9. The first-order chi connectivity index (χ1) is 12.2. The molecule has 0 spiro atoms. The van der Waals surface area contributed by atoms with E-state index in [1.807, 2.05) is 0 Å². The summed E-state index contributed by atoms with van der Waals surface area (Å²) in [4.78, 5) is 0. The lowest BCUT2D eigenvalue weighted by molar-refractivity contribution is 0.850. The van der Waals surface area contributed by atoms with Crippen LogP contribution in [0.1, 0.15) is 44.4 Å². The van der Waals surface area contributed by atoms with Gasteiger partial charge in [0.1, 0.15) is 8.07 Å². The minimum atomic E-state index is -2.03. The standard InChI is InChI=1S/C25H32Si/c1-16-14-24(15-17(2)18(16)3)26(8,23-12-10-9-11-13-23)25-21(6)19(4)20(5)22(25)7/h9-15,21H,1-8H3. The number of aryl methyl sites for hydroxylation is 2. The van der Waals surface area contributed by atoms with Crippen molar-refractivity contribution in [1.82, 2.24) is 0 Å². The summed E-state index contributed by atoms with van der Waals surface area (Å²) in [6.07, 6.45) is 0. The Bertz CT molecular complexity index is 891. The second-order valence-corrected chi connectivity index (χ2v) is 12.2. The van der Waals surface area contributed by atoms with E-state index in [0.29, 0.717) is 5.92 Å². The molecule has 2 aromatic carbocycles. The van der Waals surface area contributed by atoms with Crippen molar-refractivity contribution in [3.05, 3.63) is 81.1 Å². The summed E-state index contributed by atoms with van der Waals surface area (Å²) in [5.41, 5.74) is 8.84. The van der Waals surface area contributed by atoms with Crippen molar-refractivity contribution >= 4 is 18.4 Å². The molecule has 1 aliphatic rings. The van der Waals surface area contributed by atoms with Crippen molar-refractivity contribution in [1.29, 1.82) is 0 Å². The van der Waals surface area contributed by atoms with E-state index < -0.39 is 8.07 Å². The summed E-state index contributed by atoms with van der Waals surface area (Å²) >= 11 is 0. The van der Waals surface area contributed by atoms with Gasteiger partial charge in [0.05, 0.1) is 0 Å². The minimum absolute atomic E-state index is 0.536. The van der Waals surface area contributed by atoms with E-state index in [2.05, 4.69) is 97.5 Å². The highest BCUT2D eigenvalue weighted by atomic mass is 28.3. The molecule has 0 saturated carbocycles. The predicted molar refractivity (Wildman–Crippen MR) is 118 cm³/mol. The third kappa shape index (κ3) is 2.73. The van der Waals surface area contributed by atoms with Crippen LogP contribution in [0, 0.1) is 26.7 Å². The average Bonchev–Trinajstić information content (AvgIpc) is 2.83. The number of hydrogen-bond donors (Lipinski definition) is 0. The maximum atomic E-state index is 2.56. The van der Waals surface area contributed by atoms with Gasteiger partial charge in [0, 0.05) is 0 Å². The number of benzene rings is 2. The average molecular weight is 361 g/mol. The molecule has 2 atom stereocenters. The Kier molecular flexibility index (Phi) is 4.87. The van der Waals surface area contributed by atoms with E-state index in [1.165, 1.54) is 33.0 Å². The summed E-state index contributed by atoms with van der Waals surface area (Å²) in [5.74, 6) is 0.536. The molecule has 0 heterocycles. The molecular formula is C25H32Si. The Morgan fingerprint density at radius 3 is 1.73 bits per heavy atom. The Labute approximate surface area is 160 Å². The first-order valence-corrected chi connectivity index (χ1v) is 12.2. The Morgan fingerprint density at radius 1 is 0.731 bits per heavy atom. The summed E-state index contributed by atoms with van der Waals surface area (Å²) in [6, 6.07) is 16.2. The Morgan fingerprint density at radius 2 is 1.27 bits per heavy atom. The van der Waals surface area contributed by atoms with E-state index in [1.54, 1.807) is 16.0 Å². The van der Waals surface area contributed by atoms with Crippen LogP contribution < -0.4 is 10.4 Å². The van der Waals surface area contributed by atoms with Crippen LogP contribution in [-0.4, -0.2) is 8.07 Å². The maximum absolute atomic E-state index is 2.56. The predicted octanol–water partition coefficient (Wildman–Crippen LogP) is 5.65. The van der Waals surface area contributed by atoms with Gasteiger partial charge in [-0.25, -0.2) is 0 Å². The van der Waals surface area contributed by atoms with Crippen molar-refractivity contribution < 1.29 is 0 Å². The van der Waals surface area contributed by atoms with E-state index >= 15 is 0 Å². The smallest absolute Gasteiger partial charge is 0.0636 e. The largest absolute Gasteiger partial charge is 0.142 e. The maximum Gasteiger partial charge on any atom is 0.142 e. The van der Waals surface area contributed by atoms with E-state index in [9.17, 15) is 0 Å². The molecule has 0 radical (unpaired) electrons. The van der Waals surface area contributed by atoms with E-state index in [0.717, 1.165) is 0 Å². The van der Waals surface area contributed by atoms with E-state index in [4.69, 9.17) is 0 Å². The van der Waals surface area contributed by atoms with Crippen LogP contribution in [0.5, 0.6) is 0 Å². The first kappa shape index (κ1) is 18.9. The summed E-state index contributed by atoms with van der Waals surface area (Å²) < 4.78 is 0. The van der Waals surface area contributed by atoms with E-state index in [-0.39, 0.29) is 0 Å². The molecule has 2 unspecified atom stereocenters. The zero-order chi connectivity index (χ0) is 19.2. The van der Waals surface area contributed by atoms with Crippen LogP contribution in [0.2, 0.25) is 6.55 Å². The molecule has 26 heavy (non-hydrogen) atoms. The number of rotatable bonds is 3. The lowest BCUT2D eigenvalue weighted by Crippen LogP contribution is -2.59. The highest BCUT2D eigenvalue weighted by Crippen LogP contribution is 2.41. The van der Waals surface area contributed by atoms with Gasteiger partial charge in [-0.2, -0.15) is 0 Å². The van der Waals surface area contributed by atoms with Crippen LogP contribution in [0.4, 0.5) is 0 Å². The summed E-state index contributed by atoms with van der Waals surface area (Å²) in [7, 11) is -2.03. The van der Waals surface area contributed by atoms with Crippen molar-refractivity contribution in [3.63, 3.8) is 0 Å². The molecule has 3 rings (SSSR count). The SMILES string of the molecule is CC1=C(C)C(C)C([Si](C)(c2ccccc2)c2cc(C)c(C)c(C)c2)=C1C. The highest BCUT2D eigenvalue weighted by molar-refractivity contribution is 7.06. The van der Waals surface area contributed by atoms with Gasteiger partial charge >= 0.3 is 0 Å². The molecular weight excluding hydrogens is 328 g/mol. The monoisotopic (exact) mass is 360 g/mol. The first-order valence-electron chi connectivity index (χ1n) is 9.72. The normalized spacial score (nSPS) is 19.9. The number of hydrogen-bond acceptors (Lipinski definition) is 0. The molecule has 1 aliphatic carbocycles. The minimum Gasteiger partial charge on any atom is -0.0636 e. The lowest BCUT2D eigenvalue weighted by atomic mass is 10.0. The van der Waals surface area contributed by atoms with Crippen molar-refractivity contribution in [3.8, 4) is 0 Å². The van der Waals surface area contributed by atoms with Gasteiger partial charge in [-0.05, 0) is 80.1 Å². The molecule has 0 saturated heterocycles. The van der Waals surface area contributed by atoms with Gasteiger partial charge in [0.25, 0.3) is 0 Å². The topological polar surface area (TPSA) is 0 Å². The zero-order valence-electron chi connectivity index (χ0n) is 17.6. The lowest BCUT2D eigenvalue weighted by Gasteiger charge is -2.35. The second kappa shape index (κ2) is 6.70. The molecule has 0 fully saturated rings. The van der Waals surface area contributed by atoms with Gasteiger partial charge in [-0.1, -0.05) is 72.3 Å².